The molecule has 0 saturated heterocycles. The predicted molar refractivity (Wildman–Crippen MR) is 98.4 cm³/mol. The number of rotatable bonds is 7. The van der Waals surface area contributed by atoms with E-state index in [0.29, 0.717) is 30.3 Å². The van der Waals surface area contributed by atoms with Crippen molar-refractivity contribution in [2.75, 3.05) is 13.7 Å². The lowest BCUT2D eigenvalue weighted by molar-refractivity contribution is -0.129. The van der Waals surface area contributed by atoms with Gasteiger partial charge in [0.25, 0.3) is 0 Å². The average Bonchev–Trinajstić information content (AvgIpc) is 2.66. The molecule has 140 valence electrons. The van der Waals surface area contributed by atoms with E-state index in [0.717, 1.165) is 30.6 Å². The third-order valence-corrected chi connectivity index (χ3v) is 5.05. The second kappa shape index (κ2) is 9.23. The second-order valence-electron chi connectivity index (χ2n) is 6.80. The molecule has 0 bridgehead atoms. The molecule has 0 spiro atoms. The Balaban J connectivity index is 2.50. The molecule has 26 heavy (non-hydrogen) atoms. The van der Waals surface area contributed by atoms with Gasteiger partial charge >= 0.3 is 0 Å². The Hall–Kier alpha value is -2.55. The van der Waals surface area contributed by atoms with Crippen molar-refractivity contribution in [2.24, 2.45) is 11.7 Å². The number of carbonyl (C=O) groups excluding carboxylic acids is 2. The largest absolute Gasteiger partial charge is 0.494 e. The highest BCUT2D eigenvalue weighted by atomic mass is 16.5. The third kappa shape index (κ3) is 4.54. The first-order valence-electron chi connectivity index (χ1n) is 9.22. The van der Waals surface area contributed by atoms with Crippen molar-refractivity contribution in [3.63, 3.8) is 0 Å². The Labute approximate surface area is 154 Å². The van der Waals surface area contributed by atoms with Gasteiger partial charge < -0.3 is 10.5 Å². The van der Waals surface area contributed by atoms with Crippen LogP contribution < -0.4 is 10.5 Å². The highest BCUT2D eigenvalue weighted by molar-refractivity contribution is 5.98. The van der Waals surface area contributed by atoms with Gasteiger partial charge in [-0.1, -0.05) is 38.2 Å². The van der Waals surface area contributed by atoms with E-state index in [2.05, 4.69) is 0 Å². The van der Waals surface area contributed by atoms with Crippen molar-refractivity contribution < 1.29 is 14.3 Å². The van der Waals surface area contributed by atoms with Crippen LogP contribution in [-0.2, 0) is 4.79 Å². The molecule has 0 radical (unpaired) electrons. The smallest absolute Gasteiger partial charge is 0.249 e. The van der Waals surface area contributed by atoms with Crippen molar-refractivity contribution in [1.29, 1.82) is 5.26 Å². The Morgan fingerprint density at radius 1 is 1.35 bits per heavy atom. The summed E-state index contributed by atoms with van der Waals surface area (Å²) < 4.78 is 5.70. The monoisotopic (exact) mass is 357 g/mol. The highest BCUT2D eigenvalue weighted by Gasteiger charge is 2.33. The number of hydrogen-bond donors (Lipinski definition) is 1. The van der Waals surface area contributed by atoms with Crippen LogP contribution in [0.4, 0.5) is 0 Å². The first-order valence-corrected chi connectivity index (χ1v) is 9.22. The molecule has 1 aliphatic rings. The van der Waals surface area contributed by atoms with Gasteiger partial charge in [0.15, 0.2) is 6.19 Å². The summed E-state index contributed by atoms with van der Waals surface area (Å²) in [6, 6.07) is 5.07. The lowest BCUT2D eigenvalue weighted by atomic mass is 9.78. The van der Waals surface area contributed by atoms with E-state index < -0.39 is 11.8 Å². The molecular weight excluding hydrogens is 330 g/mol. The topological polar surface area (TPSA) is 96.4 Å². The summed E-state index contributed by atoms with van der Waals surface area (Å²) in [7, 11) is 1.45. The summed E-state index contributed by atoms with van der Waals surface area (Å²) in [5, 5.41) is 9.19. The van der Waals surface area contributed by atoms with Crippen LogP contribution in [-0.4, -0.2) is 30.4 Å². The number of primary amides is 1. The normalized spacial score (nSPS) is 15.7. The molecule has 1 aliphatic carbocycles. The van der Waals surface area contributed by atoms with Crippen molar-refractivity contribution in [1.82, 2.24) is 4.90 Å². The predicted octanol–water partition coefficient (Wildman–Crippen LogP) is 3.18. The third-order valence-electron chi connectivity index (χ3n) is 5.05. The number of benzene rings is 1. The van der Waals surface area contributed by atoms with Crippen LogP contribution in [0.5, 0.6) is 5.75 Å². The van der Waals surface area contributed by atoms with Crippen molar-refractivity contribution in [3.8, 4) is 11.9 Å². The van der Waals surface area contributed by atoms with Crippen molar-refractivity contribution in [2.45, 2.75) is 51.4 Å². The number of ether oxygens (including phenoxy) is 1. The van der Waals surface area contributed by atoms with Crippen molar-refractivity contribution >= 4 is 11.8 Å². The Bertz CT molecular complexity index is 690. The van der Waals surface area contributed by atoms with Crippen LogP contribution in [0.2, 0.25) is 0 Å². The number of nitrogens with two attached hydrogens (primary N) is 1. The molecule has 2 amide bonds. The molecule has 6 heteroatoms. The molecule has 0 aliphatic heterocycles. The van der Waals surface area contributed by atoms with Gasteiger partial charge in [0.2, 0.25) is 11.8 Å². The molecular formula is C20H27N3O3. The lowest BCUT2D eigenvalue weighted by Gasteiger charge is -2.29. The van der Waals surface area contributed by atoms with E-state index in [1.807, 2.05) is 13.1 Å². The average molecular weight is 357 g/mol. The van der Waals surface area contributed by atoms with E-state index >= 15 is 0 Å². The fraction of sp³-hybridized carbons (Fsp3) is 0.550. The lowest BCUT2D eigenvalue weighted by Crippen LogP contribution is -2.31. The summed E-state index contributed by atoms with van der Waals surface area (Å²) >= 11 is 0. The molecule has 1 saturated carbocycles. The Morgan fingerprint density at radius 3 is 2.62 bits per heavy atom. The van der Waals surface area contributed by atoms with E-state index in [9.17, 15) is 14.9 Å². The highest BCUT2D eigenvalue weighted by Crippen LogP contribution is 2.39. The SMILES string of the molecule is CCOc1cccc(C(N)=O)c1[C@H](CC1CCCCC1)C(=O)N(C)C#N. The van der Waals surface area contributed by atoms with Gasteiger partial charge in [-0.15, -0.1) is 0 Å². The number of hydrogen-bond acceptors (Lipinski definition) is 4. The first-order chi connectivity index (χ1) is 12.5. The maximum atomic E-state index is 13.0. The van der Waals surface area contributed by atoms with Gasteiger partial charge in [-0.05, 0) is 31.4 Å². The zero-order chi connectivity index (χ0) is 19.1. The number of carbonyl (C=O) groups is 2. The molecule has 2 rings (SSSR count). The summed E-state index contributed by atoms with van der Waals surface area (Å²) in [5.74, 6) is -0.659. The number of nitriles is 1. The molecule has 6 nitrogen and oxygen atoms in total. The molecule has 0 unspecified atom stereocenters. The Kier molecular flexibility index (Phi) is 7.02. The minimum absolute atomic E-state index is 0.288. The van der Waals surface area contributed by atoms with Gasteiger partial charge in [0, 0.05) is 18.2 Å². The van der Waals surface area contributed by atoms with Crippen LogP contribution in [0.25, 0.3) is 0 Å². The van der Waals surface area contributed by atoms with Gasteiger partial charge in [-0.25, -0.2) is 0 Å². The molecule has 0 aromatic heterocycles. The molecule has 2 N–H and O–H groups in total. The first kappa shape index (κ1) is 19.8. The van der Waals surface area contributed by atoms with Gasteiger partial charge in [-0.3, -0.25) is 14.5 Å². The van der Waals surface area contributed by atoms with Gasteiger partial charge in [0.1, 0.15) is 5.75 Å². The summed E-state index contributed by atoms with van der Waals surface area (Å²) in [4.78, 5) is 26.0. The molecule has 1 aromatic carbocycles. The fourth-order valence-corrected chi connectivity index (χ4v) is 3.78. The van der Waals surface area contributed by atoms with Crippen LogP contribution in [0.1, 0.15) is 67.3 Å². The quantitative estimate of drug-likeness (QED) is 0.599. The molecule has 1 atom stereocenters. The van der Waals surface area contributed by atoms with Gasteiger partial charge in [-0.2, -0.15) is 5.26 Å². The van der Waals surface area contributed by atoms with E-state index in [4.69, 9.17) is 10.5 Å². The Morgan fingerprint density at radius 2 is 2.04 bits per heavy atom. The van der Waals surface area contributed by atoms with E-state index in [1.165, 1.54) is 13.5 Å². The molecule has 1 aromatic rings. The number of likely N-dealkylation sites (N-methyl/N-ethyl adjacent to an activating group) is 1. The number of amides is 2. The zero-order valence-corrected chi connectivity index (χ0v) is 15.5. The van der Waals surface area contributed by atoms with Crippen LogP contribution in [0.3, 0.4) is 0 Å². The molecule has 0 heterocycles. The fourth-order valence-electron chi connectivity index (χ4n) is 3.78. The summed E-state index contributed by atoms with van der Waals surface area (Å²) in [6.45, 7) is 2.26. The maximum absolute atomic E-state index is 13.0. The maximum Gasteiger partial charge on any atom is 0.249 e. The molecule has 1 fully saturated rings. The zero-order valence-electron chi connectivity index (χ0n) is 15.5. The van der Waals surface area contributed by atoms with Gasteiger partial charge in [0.05, 0.1) is 12.5 Å². The number of nitrogens with zero attached hydrogens (tertiary/aromatic N) is 2. The summed E-state index contributed by atoms with van der Waals surface area (Å²) in [6.07, 6.45) is 8.10. The van der Waals surface area contributed by atoms with Crippen LogP contribution >= 0.6 is 0 Å². The minimum atomic E-state index is -0.618. The minimum Gasteiger partial charge on any atom is -0.494 e. The second-order valence-corrected chi connectivity index (χ2v) is 6.80. The standard InChI is InChI=1S/C20H27N3O3/c1-3-26-17-11-7-10-15(19(22)24)18(17)16(20(25)23(2)13-21)12-14-8-5-4-6-9-14/h7,10-11,14,16H,3-6,8-9,12H2,1-2H3,(H2,22,24)/t16-/m0/s1. The van der Waals surface area contributed by atoms with E-state index in [1.54, 1.807) is 18.2 Å². The van der Waals surface area contributed by atoms with Crippen LogP contribution in [0.15, 0.2) is 18.2 Å². The van der Waals surface area contributed by atoms with E-state index in [-0.39, 0.29) is 11.5 Å². The van der Waals surface area contributed by atoms with Crippen molar-refractivity contribution in [3.05, 3.63) is 29.3 Å². The summed E-state index contributed by atoms with van der Waals surface area (Å²) in [5.41, 5.74) is 6.38. The van der Waals surface area contributed by atoms with Crippen LogP contribution in [0, 0.1) is 17.4 Å².